The molecular weight excluding hydrogens is 482 g/mol. The fourth-order valence-corrected chi connectivity index (χ4v) is 6.31. The van der Waals surface area contributed by atoms with Crippen molar-refractivity contribution in [2.75, 3.05) is 18.9 Å². The average Bonchev–Trinajstić information content (AvgIpc) is 3.66. The van der Waals surface area contributed by atoms with Crippen LogP contribution >= 0.6 is 0 Å². The van der Waals surface area contributed by atoms with Gasteiger partial charge in [-0.15, -0.1) is 0 Å². The molecule has 10 heteroatoms. The van der Waals surface area contributed by atoms with E-state index in [4.69, 9.17) is 15.7 Å². The number of likely N-dealkylation sites (tertiary alicyclic amines) is 1. The number of likely N-dealkylation sites (N-methyl/N-ethyl adjacent to an activating group) is 1. The van der Waals surface area contributed by atoms with Crippen molar-refractivity contribution >= 4 is 17.3 Å². The third-order valence-corrected chi connectivity index (χ3v) is 8.71. The Morgan fingerprint density at radius 1 is 1.24 bits per heavy atom. The number of Topliss-reactive ketones (excluding diaryl/α,β-unsaturated/α-hetero) is 1. The highest BCUT2D eigenvalue weighted by Gasteiger charge is 2.47. The predicted octanol–water partition coefficient (Wildman–Crippen LogP) is 5.53. The van der Waals surface area contributed by atoms with Crippen molar-refractivity contribution in [1.82, 2.24) is 14.9 Å². The lowest BCUT2D eigenvalue weighted by atomic mass is 9.64. The maximum absolute atomic E-state index is 12.9. The second-order valence-electron chi connectivity index (χ2n) is 11.3. The largest absolute Gasteiger partial charge is 0.511 e. The van der Waals surface area contributed by atoms with Crippen molar-refractivity contribution in [1.29, 1.82) is 10.9 Å². The highest BCUT2D eigenvalue weighted by Crippen LogP contribution is 2.48. The Hall–Kier alpha value is -3.14. The third-order valence-electron chi connectivity index (χ3n) is 8.71. The number of aromatic nitrogens is 2. The van der Waals surface area contributed by atoms with Crippen LogP contribution in [0, 0.1) is 22.3 Å². The second kappa shape index (κ2) is 10.9. The molecule has 1 aromatic heterocycles. The van der Waals surface area contributed by atoms with Crippen LogP contribution in [0.5, 0.6) is 5.88 Å². The summed E-state index contributed by atoms with van der Waals surface area (Å²) in [5, 5.41) is 27.1. The van der Waals surface area contributed by atoms with Crippen LogP contribution in [0.25, 0.3) is 0 Å². The molecule has 5 rings (SSSR count). The molecule has 2 saturated carbocycles. The Labute approximate surface area is 224 Å². The monoisotopic (exact) mass is 521 g/mol. The molecule has 3 atom stereocenters. The van der Waals surface area contributed by atoms with E-state index in [0.29, 0.717) is 54.6 Å². The van der Waals surface area contributed by atoms with Gasteiger partial charge >= 0.3 is 0 Å². The quantitative estimate of drug-likeness (QED) is 0.247. The predicted molar refractivity (Wildman–Crippen MR) is 144 cm³/mol. The summed E-state index contributed by atoms with van der Waals surface area (Å²) in [6.07, 6.45) is 10.5. The highest BCUT2D eigenvalue weighted by atomic mass is 16.5. The minimum atomic E-state index is -0.869. The van der Waals surface area contributed by atoms with Gasteiger partial charge in [-0.1, -0.05) is 6.42 Å². The average molecular weight is 522 g/mol. The molecule has 10 nitrogen and oxygen atoms in total. The first-order valence-electron chi connectivity index (χ1n) is 14.0. The molecule has 1 aliphatic heterocycles. The van der Waals surface area contributed by atoms with E-state index in [9.17, 15) is 9.90 Å². The van der Waals surface area contributed by atoms with Gasteiger partial charge in [0.2, 0.25) is 5.88 Å². The number of nitrogens with zero attached hydrogens (tertiary/aromatic N) is 4. The van der Waals surface area contributed by atoms with Crippen molar-refractivity contribution in [2.24, 2.45) is 16.4 Å². The molecule has 0 unspecified atom stereocenters. The lowest BCUT2D eigenvalue weighted by molar-refractivity contribution is -0.131. The Balaban J connectivity index is 1.47. The standard InChI is InChI=1S/C28H39N7O3/c1-17(21-8-6-14-35(21)2)38-24-15-23(31-16-20(34-30)18-10-11-18)32-27(33-24)25(29)19-7-5-13-28(26(19)37)12-4-3-9-22(28)36/h15-18,21,29-30,37H,3-14H2,1-2H3,(H,31,32,33)/b20-16-,29-25?,34-30?/t17-,21-,28+/m0/s1. The molecule has 1 spiro atoms. The number of ketones is 1. The zero-order chi connectivity index (χ0) is 26.9. The van der Waals surface area contributed by atoms with Gasteiger partial charge in [0.1, 0.15) is 29.2 Å². The summed E-state index contributed by atoms with van der Waals surface area (Å²) in [6, 6.07) is 1.98. The van der Waals surface area contributed by atoms with Crippen LogP contribution < -0.4 is 10.1 Å². The van der Waals surface area contributed by atoms with Gasteiger partial charge in [0, 0.05) is 36.2 Å². The molecule has 4 N–H and O–H groups in total. The van der Waals surface area contributed by atoms with E-state index in [2.05, 4.69) is 32.3 Å². The van der Waals surface area contributed by atoms with Crippen LogP contribution in [0.2, 0.25) is 0 Å². The topological polar surface area (TPSA) is 148 Å². The zero-order valence-corrected chi connectivity index (χ0v) is 22.4. The Bertz CT molecular complexity index is 1170. The number of hydrogen-bond donors (Lipinski definition) is 4. The summed E-state index contributed by atoms with van der Waals surface area (Å²) in [4.78, 5) is 24.4. The first-order valence-corrected chi connectivity index (χ1v) is 14.0. The molecule has 3 aliphatic carbocycles. The van der Waals surface area contributed by atoms with E-state index in [1.165, 1.54) is 0 Å². The molecule has 1 aromatic rings. The first-order chi connectivity index (χ1) is 18.3. The van der Waals surface area contributed by atoms with Gasteiger partial charge in [0.05, 0.1) is 11.1 Å². The van der Waals surface area contributed by atoms with Crippen molar-refractivity contribution in [3.05, 3.63) is 35.1 Å². The van der Waals surface area contributed by atoms with E-state index in [1.807, 2.05) is 6.92 Å². The summed E-state index contributed by atoms with van der Waals surface area (Å²) in [7, 11) is 2.10. The van der Waals surface area contributed by atoms with E-state index in [-0.39, 0.29) is 35.2 Å². The van der Waals surface area contributed by atoms with Crippen molar-refractivity contribution < 1.29 is 14.6 Å². The smallest absolute Gasteiger partial charge is 0.219 e. The number of nitrogens with one attached hydrogen (secondary N) is 3. The molecule has 204 valence electrons. The van der Waals surface area contributed by atoms with Crippen LogP contribution in [-0.4, -0.2) is 57.2 Å². The number of hydrogen-bond acceptors (Lipinski definition) is 10. The molecular formula is C28H39N7O3. The molecule has 0 aromatic carbocycles. The summed E-state index contributed by atoms with van der Waals surface area (Å²) in [5.41, 5.74) is 7.75. The van der Waals surface area contributed by atoms with Crippen molar-refractivity contribution in [3.8, 4) is 5.88 Å². The van der Waals surface area contributed by atoms with Crippen LogP contribution in [0.1, 0.15) is 83.4 Å². The van der Waals surface area contributed by atoms with Gasteiger partial charge in [-0.25, -0.2) is 10.5 Å². The first kappa shape index (κ1) is 26.5. The fraction of sp³-hybridized carbons (Fsp3) is 0.643. The van der Waals surface area contributed by atoms with Crippen LogP contribution in [0.15, 0.2) is 34.4 Å². The number of anilines is 1. The Kier molecular flexibility index (Phi) is 7.61. The maximum atomic E-state index is 12.9. The molecule has 3 fully saturated rings. The van der Waals surface area contributed by atoms with E-state index >= 15 is 0 Å². The summed E-state index contributed by atoms with van der Waals surface area (Å²) < 4.78 is 6.29. The molecule has 1 saturated heterocycles. The fourth-order valence-electron chi connectivity index (χ4n) is 6.31. The molecule has 38 heavy (non-hydrogen) atoms. The minimum absolute atomic E-state index is 0.0238. The lowest BCUT2D eigenvalue weighted by Gasteiger charge is -2.39. The molecule has 0 bridgehead atoms. The molecule has 2 heterocycles. The number of allylic oxidation sites excluding steroid dienone is 3. The SMILES string of the molecule is C[C@H](Oc1cc(N/C=C(\N=N)C2CC2)nc(C(=N)C2=C(O)[C@]3(CCCCC3=O)CCC2)n1)[C@@H]1CCCN1C. The number of aliphatic hydroxyl groups is 1. The van der Waals surface area contributed by atoms with Gasteiger partial charge in [-0.3, -0.25) is 15.1 Å². The molecule has 0 radical (unpaired) electrons. The van der Waals surface area contributed by atoms with Gasteiger partial charge in [0.25, 0.3) is 0 Å². The summed E-state index contributed by atoms with van der Waals surface area (Å²) in [6.45, 7) is 3.06. The summed E-state index contributed by atoms with van der Waals surface area (Å²) >= 11 is 0. The van der Waals surface area contributed by atoms with E-state index in [0.717, 1.165) is 51.5 Å². The number of carbonyl (C=O) groups is 1. The summed E-state index contributed by atoms with van der Waals surface area (Å²) in [5.74, 6) is 1.33. The van der Waals surface area contributed by atoms with Crippen LogP contribution in [0.4, 0.5) is 5.82 Å². The minimum Gasteiger partial charge on any atom is -0.511 e. The van der Waals surface area contributed by atoms with E-state index < -0.39 is 5.41 Å². The maximum Gasteiger partial charge on any atom is 0.219 e. The number of rotatable bonds is 9. The second-order valence-corrected chi connectivity index (χ2v) is 11.3. The molecule has 0 amide bonds. The van der Waals surface area contributed by atoms with E-state index in [1.54, 1.807) is 12.3 Å². The van der Waals surface area contributed by atoms with Crippen LogP contribution in [-0.2, 0) is 4.79 Å². The van der Waals surface area contributed by atoms with Gasteiger partial charge < -0.3 is 15.2 Å². The molecule has 4 aliphatic rings. The normalized spacial score (nSPS) is 27.5. The van der Waals surface area contributed by atoms with Crippen molar-refractivity contribution in [3.63, 3.8) is 0 Å². The third kappa shape index (κ3) is 5.23. The number of aliphatic hydroxyl groups excluding tert-OH is 1. The lowest BCUT2D eigenvalue weighted by Crippen LogP contribution is -2.39. The van der Waals surface area contributed by atoms with Gasteiger partial charge in [-0.2, -0.15) is 10.1 Å². The van der Waals surface area contributed by atoms with Crippen molar-refractivity contribution in [2.45, 2.75) is 89.7 Å². The van der Waals surface area contributed by atoms with Gasteiger partial charge in [0.15, 0.2) is 5.82 Å². The Morgan fingerprint density at radius 2 is 2.03 bits per heavy atom. The highest BCUT2D eigenvalue weighted by molar-refractivity contribution is 6.09. The van der Waals surface area contributed by atoms with Gasteiger partial charge in [-0.05, 0) is 78.3 Å². The number of carbonyl (C=O) groups excluding carboxylic acids is 1. The number of ether oxygens (including phenoxy) is 1. The zero-order valence-electron chi connectivity index (χ0n) is 22.4. The van der Waals surface area contributed by atoms with Crippen LogP contribution in [0.3, 0.4) is 0 Å². The Morgan fingerprint density at radius 3 is 2.71 bits per heavy atom.